The average molecular weight is 243 g/mol. The van der Waals surface area contributed by atoms with Gasteiger partial charge in [-0.1, -0.05) is 0 Å². The monoisotopic (exact) mass is 243 g/mol. The largest absolute Gasteiger partial charge is 0.490 e. The van der Waals surface area contributed by atoms with Crippen molar-refractivity contribution in [1.82, 2.24) is 0 Å². The van der Waals surface area contributed by atoms with Gasteiger partial charge in [0.2, 0.25) is 0 Å². The van der Waals surface area contributed by atoms with Gasteiger partial charge in [-0.3, -0.25) is 4.79 Å². The first-order valence-corrected chi connectivity index (χ1v) is 5.11. The number of hydrogen-bond acceptors (Lipinski definition) is 3. The Morgan fingerprint density at radius 3 is 2.88 bits per heavy atom. The summed E-state index contributed by atoms with van der Waals surface area (Å²) in [6.07, 6.45) is -0.0678. The summed E-state index contributed by atoms with van der Waals surface area (Å²) in [6, 6.07) is -0.315. The lowest BCUT2D eigenvalue weighted by atomic mass is 9.96. The molecular formula is C11H11F2NO3. The topological polar surface area (TPSA) is 72.6 Å². The van der Waals surface area contributed by atoms with Crippen molar-refractivity contribution in [2.45, 2.75) is 18.9 Å². The second-order valence-electron chi connectivity index (χ2n) is 3.86. The Labute approximate surface area is 96.0 Å². The number of hydrogen-bond donors (Lipinski definition) is 2. The first kappa shape index (κ1) is 11.8. The Balaban J connectivity index is 2.47. The van der Waals surface area contributed by atoms with Crippen molar-refractivity contribution in [3.05, 3.63) is 28.8 Å². The highest BCUT2D eigenvalue weighted by molar-refractivity contribution is 5.68. The quantitative estimate of drug-likeness (QED) is 0.841. The lowest BCUT2D eigenvalue weighted by molar-refractivity contribution is -0.137. The van der Waals surface area contributed by atoms with E-state index in [1.807, 2.05) is 0 Å². The van der Waals surface area contributed by atoms with E-state index in [0.717, 1.165) is 0 Å². The second-order valence-corrected chi connectivity index (χ2v) is 3.86. The van der Waals surface area contributed by atoms with Gasteiger partial charge in [-0.05, 0) is 0 Å². The molecule has 1 aromatic carbocycles. The van der Waals surface area contributed by atoms with Crippen molar-refractivity contribution >= 4 is 5.97 Å². The van der Waals surface area contributed by atoms with Crippen molar-refractivity contribution in [2.24, 2.45) is 5.73 Å². The van der Waals surface area contributed by atoms with Crippen molar-refractivity contribution in [2.75, 3.05) is 6.61 Å². The van der Waals surface area contributed by atoms with Gasteiger partial charge in [0.05, 0.1) is 13.0 Å². The van der Waals surface area contributed by atoms with E-state index in [-0.39, 0.29) is 17.9 Å². The van der Waals surface area contributed by atoms with Crippen LogP contribution in [-0.2, 0) is 11.2 Å². The van der Waals surface area contributed by atoms with Crippen LogP contribution >= 0.6 is 0 Å². The van der Waals surface area contributed by atoms with Crippen molar-refractivity contribution < 1.29 is 23.4 Å². The van der Waals surface area contributed by atoms with Crippen LogP contribution in [0.2, 0.25) is 0 Å². The molecule has 1 atom stereocenters. The van der Waals surface area contributed by atoms with E-state index in [4.69, 9.17) is 15.6 Å². The maximum absolute atomic E-state index is 13.6. The molecule has 1 heterocycles. The highest BCUT2D eigenvalue weighted by Gasteiger charge is 2.27. The fourth-order valence-electron chi connectivity index (χ4n) is 2.02. The Morgan fingerprint density at radius 2 is 2.24 bits per heavy atom. The van der Waals surface area contributed by atoms with Gasteiger partial charge in [0.1, 0.15) is 5.82 Å². The molecule has 0 fully saturated rings. The van der Waals surface area contributed by atoms with E-state index in [2.05, 4.69) is 0 Å². The third-order valence-corrected chi connectivity index (χ3v) is 2.69. The molecule has 3 N–H and O–H groups in total. The van der Waals surface area contributed by atoms with Crippen LogP contribution < -0.4 is 10.5 Å². The van der Waals surface area contributed by atoms with Crippen LogP contribution in [0.1, 0.15) is 23.6 Å². The molecule has 0 bridgehead atoms. The van der Waals surface area contributed by atoms with Crippen molar-refractivity contribution in [3.63, 3.8) is 0 Å². The normalized spacial score (nSPS) is 15.2. The van der Waals surface area contributed by atoms with Gasteiger partial charge in [0.25, 0.3) is 0 Å². The van der Waals surface area contributed by atoms with Crippen LogP contribution in [0.3, 0.4) is 0 Å². The number of fused-ring (bicyclic) bond motifs is 1. The zero-order chi connectivity index (χ0) is 12.6. The molecule has 4 nitrogen and oxygen atoms in total. The molecule has 1 aliphatic rings. The first-order valence-electron chi connectivity index (χ1n) is 5.11. The molecule has 0 spiro atoms. The molecule has 17 heavy (non-hydrogen) atoms. The predicted molar refractivity (Wildman–Crippen MR) is 54.7 cm³/mol. The summed E-state index contributed by atoms with van der Waals surface area (Å²) < 4.78 is 32.0. The minimum Gasteiger partial charge on any atom is -0.490 e. The zero-order valence-corrected chi connectivity index (χ0v) is 8.87. The lowest BCUT2D eigenvalue weighted by Gasteiger charge is -2.14. The minimum atomic E-state index is -1.13. The summed E-state index contributed by atoms with van der Waals surface area (Å²) in [5, 5.41) is 8.63. The molecule has 1 aromatic rings. The molecule has 92 valence electrons. The lowest BCUT2D eigenvalue weighted by Crippen LogP contribution is -2.18. The smallest absolute Gasteiger partial charge is 0.305 e. The summed E-state index contributed by atoms with van der Waals surface area (Å²) in [6.45, 7) is 0.252. The number of aliphatic carboxylic acids is 1. The Kier molecular flexibility index (Phi) is 2.97. The molecule has 6 heteroatoms. The van der Waals surface area contributed by atoms with E-state index in [0.29, 0.717) is 18.1 Å². The maximum atomic E-state index is 13.6. The van der Waals surface area contributed by atoms with Crippen LogP contribution in [-0.4, -0.2) is 17.7 Å². The van der Waals surface area contributed by atoms with E-state index >= 15 is 0 Å². The number of halogens is 2. The summed E-state index contributed by atoms with van der Waals surface area (Å²) in [5.74, 6) is -2.74. The number of ether oxygens (including phenoxy) is 1. The Hall–Kier alpha value is -1.69. The van der Waals surface area contributed by atoms with Crippen LogP contribution in [0.25, 0.3) is 0 Å². The highest BCUT2D eigenvalue weighted by Crippen LogP contribution is 2.36. The number of carboxylic acids is 1. The Morgan fingerprint density at radius 1 is 1.53 bits per heavy atom. The highest BCUT2D eigenvalue weighted by atomic mass is 19.1. The van der Waals surface area contributed by atoms with Crippen molar-refractivity contribution in [3.8, 4) is 5.75 Å². The van der Waals surface area contributed by atoms with E-state index in [1.165, 1.54) is 0 Å². The van der Waals surface area contributed by atoms with Crippen LogP contribution in [0.4, 0.5) is 8.78 Å². The molecule has 1 aliphatic heterocycles. The average Bonchev–Trinajstić information content (AvgIpc) is 2.64. The van der Waals surface area contributed by atoms with E-state index < -0.39 is 30.1 Å². The molecule has 0 aliphatic carbocycles. The SMILES string of the molecule is NC(CC(=O)O)c1c(F)cc(F)c2c1CCO2. The fraction of sp³-hybridized carbons (Fsp3) is 0.364. The third kappa shape index (κ3) is 2.08. The number of nitrogens with two attached hydrogens (primary N) is 1. The molecule has 0 saturated carbocycles. The third-order valence-electron chi connectivity index (χ3n) is 2.69. The molecule has 0 saturated heterocycles. The standard InChI is InChI=1S/C11H11F2NO3/c12-6-3-7(13)11-5(1-2-17-11)10(6)8(14)4-9(15)16/h3,8H,1-2,4,14H2,(H,15,16). The molecule has 0 amide bonds. The summed E-state index contributed by atoms with van der Waals surface area (Å²) in [5.41, 5.74) is 6.01. The van der Waals surface area contributed by atoms with Gasteiger partial charge in [-0.2, -0.15) is 0 Å². The first-order chi connectivity index (χ1) is 8.00. The summed E-state index contributed by atoms with van der Waals surface area (Å²) in [4.78, 5) is 10.6. The van der Waals surface area contributed by atoms with Crippen molar-refractivity contribution in [1.29, 1.82) is 0 Å². The van der Waals surface area contributed by atoms with Gasteiger partial charge >= 0.3 is 5.97 Å². The number of carbonyl (C=O) groups is 1. The van der Waals surface area contributed by atoms with Crippen LogP contribution in [0, 0.1) is 11.6 Å². The molecular weight excluding hydrogens is 232 g/mol. The summed E-state index contributed by atoms with van der Waals surface area (Å²) >= 11 is 0. The van der Waals surface area contributed by atoms with Gasteiger partial charge in [0, 0.05) is 29.7 Å². The second kappa shape index (κ2) is 4.29. The van der Waals surface area contributed by atoms with Gasteiger partial charge in [0.15, 0.2) is 11.6 Å². The molecule has 0 aromatic heterocycles. The van der Waals surface area contributed by atoms with Gasteiger partial charge < -0.3 is 15.6 Å². The molecule has 0 radical (unpaired) electrons. The fourth-order valence-corrected chi connectivity index (χ4v) is 2.02. The molecule has 1 unspecified atom stereocenters. The van der Waals surface area contributed by atoms with E-state index in [9.17, 15) is 13.6 Å². The number of benzene rings is 1. The predicted octanol–water partition coefficient (Wildman–Crippen LogP) is 1.37. The van der Waals surface area contributed by atoms with Gasteiger partial charge in [-0.25, -0.2) is 8.78 Å². The van der Waals surface area contributed by atoms with Gasteiger partial charge in [-0.15, -0.1) is 0 Å². The minimum absolute atomic E-state index is 0.0118. The maximum Gasteiger partial charge on any atom is 0.305 e. The summed E-state index contributed by atoms with van der Waals surface area (Å²) in [7, 11) is 0. The molecule has 2 rings (SSSR count). The van der Waals surface area contributed by atoms with Crippen LogP contribution in [0.5, 0.6) is 5.75 Å². The van der Waals surface area contributed by atoms with E-state index in [1.54, 1.807) is 0 Å². The number of carboxylic acid groups (broad SMARTS) is 1. The Bertz CT molecular complexity index is 476. The van der Waals surface area contributed by atoms with Crippen LogP contribution in [0.15, 0.2) is 6.07 Å². The zero-order valence-electron chi connectivity index (χ0n) is 8.87. The number of rotatable bonds is 3.